The Morgan fingerprint density at radius 3 is 2.41 bits per heavy atom. The largest absolute Gasteiger partial charge is 0.390 e. The lowest BCUT2D eigenvalue weighted by Crippen LogP contribution is -2.48. The summed E-state index contributed by atoms with van der Waals surface area (Å²) >= 11 is 0. The zero-order chi connectivity index (χ0) is 29.4. The van der Waals surface area contributed by atoms with Crippen LogP contribution in [0, 0.1) is 11.6 Å². The van der Waals surface area contributed by atoms with E-state index in [2.05, 4.69) is 16.0 Å². The molecule has 4 rings (SSSR count). The first-order chi connectivity index (χ1) is 19.6. The van der Waals surface area contributed by atoms with Crippen LogP contribution in [0.5, 0.6) is 0 Å². The van der Waals surface area contributed by atoms with Gasteiger partial charge in [-0.05, 0) is 67.6 Å². The van der Waals surface area contributed by atoms with Crippen molar-refractivity contribution in [2.24, 2.45) is 0 Å². The summed E-state index contributed by atoms with van der Waals surface area (Å²) in [7, 11) is -2.99. The van der Waals surface area contributed by atoms with Gasteiger partial charge in [0.05, 0.1) is 23.6 Å². The molecule has 1 amide bonds. The number of aliphatic hydroxyl groups excluding tert-OH is 1. The standard InChI is InChI=1S/C30H38F2N4O4S/c1-2-34-26-15-23(16-27(18-26)36-10-6-7-11-41(36,39)40)30(38)35-28(14-21-8-4-3-5-9-21)29(37)20-33-19-22-12-24(31)17-25(32)13-22/h3-5,8-9,12-13,15-18,28-29,33-34,37,39-40H,2,6-7,10-11,14,19-20H2,1H3,(H,35,38)/t28-,29-/m0/s1. The summed E-state index contributed by atoms with van der Waals surface area (Å²) in [6.45, 7) is 3.20. The lowest BCUT2D eigenvalue weighted by Gasteiger charge is -2.47. The molecule has 1 saturated heterocycles. The van der Waals surface area contributed by atoms with Crippen molar-refractivity contribution in [3.05, 3.63) is 95.1 Å². The second-order valence-corrected chi connectivity index (χ2v) is 12.3. The van der Waals surface area contributed by atoms with E-state index in [1.807, 2.05) is 37.3 Å². The highest BCUT2D eigenvalue weighted by atomic mass is 32.3. The second-order valence-electron chi connectivity index (χ2n) is 10.2. The Kier molecular flexibility index (Phi) is 10.6. The van der Waals surface area contributed by atoms with Crippen molar-refractivity contribution in [1.29, 1.82) is 0 Å². The van der Waals surface area contributed by atoms with Crippen LogP contribution in [0.1, 0.15) is 41.3 Å². The van der Waals surface area contributed by atoms with Gasteiger partial charge in [0.25, 0.3) is 5.91 Å². The summed E-state index contributed by atoms with van der Waals surface area (Å²) in [4.78, 5) is 13.6. The Morgan fingerprint density at radius 2 is 1.73 bits per heavy atom. The molecular weight excluding hydrogens is 550 g/mol. The minimum absolute atomic E-state index is 0.0628. The maximum absolute atomic E-state index is 13.6. The van der Waals surface area contributed by atoms with Gasteiger partial charge in [-0.1, -0.05) is 30.3 Å². The van der Waals surface area contributed by atoms with Gasteiger partial charge >= 0.3 is 0 Å². The monoisotopic (exact) mass is 588 g/mol. The number of carbonyl (C=O) groups excluding carboxylic acids is 1. The van der Waals surface area contributed by atoms with Gasteiger partial charge in [0.15, 0.2) is 0 Å². The highest BCUT2D eigenvalue weighted by molar-refractivity contribution is 8.25. The number of halogens is 2. The Hall–Kier alpha value is -3.22. The highest BCUT2D eigenvalue weighted by Crippen LogP contribution is 2.50. The van der Waals surface area contributed by atoms with Crippen molar-refractivity contribution in [3.63, 3.8) is 0 Å². The van der Waals surface area contributed by atoms with Gasteiger partial charge in [0, 0.05) is 43.5 Å². The fourth-order valence-corrected chi connectivity index (χ4v) is 6.60. The molecule has 3 aromatic rings. The molecule has 0 unspecified atom stereocenters. The maximum Gasteiger partial charge on any atom is 0.251 e. The lowest BCUT2D eigenvalue weighted by molar-refractivity contribution is 0.0830. The SMILES string of the molecule is CCNc1cc(C(=O)N[C@@H](Cc2ccccc2)[C@@H](O)CNCc2cc(F)cc(F)c2)cc(N2CCCCS2(O)O)c1. The van der Waals surface area contributed by atoms with E-state index in [-0.39, 0.29) is 18.8 Å². The number of nitrogens with one attached hydrogen (secondary N) is 3. The average molecular weight is 589 g/mol. The normalized spacial score (nSPS) is 17.0. The zero-order valence-corrected chi connectivity index (χ0v) is 23.8. The third-order valence-corrected chi connectivity index (χ3v) is 8.85. The predicted octanol–water partition coefficient (Wildman–Crippen LogP) is 5.15. The third-order valence-electron chi connectivity index (χ3n) is 6.92. The number of nitrogens with zero attached hydrogens (tertiary/aromatic N) is 1. The molecule has 41 heavy (non-hydrogen) atoms. The lowest BCUT2D eigenvalue weighted by atomic mass is 10.00. The Labute approximate surface area is 241 Å². The van der Waals surface area contributed by atoms with Crippen LogP contribution < -0.4 is 20.3 Å². The number of benzene rings is 3. The number of hydrogen-bond donors (Lipinski definition) is 6. The molecule has 0 bridgehead atoms. The molecule has 8 nitrogen and oxygen atoms in total. The van der Waals surface area contributed by atoms with E-state index in [4.69, 9.17) is 0 Å². The summed E-state index contributed by atoms with van der Waals surface area (Å²) in [5.41, 5.74) is 2.83. The van der Waals surface area contributed by atoms with Crippen molar-refractivity contribution in [2.45, 2.75) is 44.9 Å². The summed E-state index contributed by atoms with van der Waals surface area (Å²) in [5, 5.41) is 20.3. The second kappa shape index (κ2) is 14.1. The summed E-state index contributed by atoms with van der Waals surface area (Å²) < 4.78 is 50.0. The molecule has 0 aliphatic carbocycles. The van der Waals surface area contributed by atoms with Gasteiger partial charge in [-0.3, -0.25) is 18.2 Å². The van der Waals surface area contributed by atoms with Gasteiger partial charge in [-0.2, -0.15) is 0 Å². The smallest absolute Gasteiger partial charge is 0.251 e. The molecule has 1 aliphatic heterocycles. The van der Waals surface area contributed by atoms with Crippen LogP contribution in [-0.2, 0) is 13.0 Å². The molecule has 0 saturated carbocycles. The Morgan fingerprint density at radius 1 is 1.00 bits per heavy atom. The first-order valence-corrected chi connectivity index (χ1v) is 15.4. The van der Waals surface area contributed by atoms with Crippen molar-refractivity contribution in [3.8, 4) is 0 Å². The van der Waals surface area contributed by atoms with Crippen molar-refractivity contribution >= 4 is 28.1 Å². The average Bonchev–Trinajstić information content (AvgIpc) is 2.92. The van der Waals surface area contributed by atoms with Gasteiger partial charge in [-0.15, -0.1) is 10.8 Å². The predicted molar refractivity (Wildman–Crippen MR) is 160 cm³/mol. The minimum Gasteiger partial charge on any atom is -0.390 e. The number of carbonyl (C=O) groups is 1. The molecular formula is C30H38F2N4O4S. The number of hydrogen-bond acceptors (Lipinski definition) is 7. The molecule has 3 aromatic carbocycles. The molecule has 0 spiro atoms. The van der Waals surface area contributed by atoms with Gasteiger partial charge in [0.2, 0.25) is 0 Å². The van der Waals surface area contributed by atoms with Crippen LogP contribution in [0.2, 0.25) is 0 Å². The zero-order valence-electron chi connectivity index (χ0n) is 23.0. The quantitative estimate of drug-likeness (QED) is 0.173. The number of aliphatic hydroxyl groups is 1. The van der Waals surface area contributed by atoms with E-state index in [9.17, 15) is 27.8 Å². The van der Waals surface area contributed by atoms with Crippen molar-refractivity contribution < 1.29 is 27.8 Å². The first-order valence-electron chi connectivity index (χ1n) is 13.8. The molecule has 2 atom stereocenters. The molecule has 11 heteroatoms. The summed E-state index contributed by atoms with van der Waals surface area (Å²) in [6.07, 6.45) is 0.850. The molecule has 222 valence electrons. The summed E-state index contributed by atoms with van der Waals surface area (Å²) in [6, 6.07) is 17.1. The fourth-order valence-electron chi connectivity index (χ4n) is 4.92. The van der Waals surface area contributed by atoms with Gasteiger partial charge in [-0.25, -0.2) is 8.78 Å². The van der Waals surface area contributed by atoms with Crippen LogP contribution in [0.15, 0.2) is 66.7 Å². The van der Waals surface area contributed by atoms with Crippen LogP contribution in [0.3, 0.4) is 0 Å². The highest BCUT2D eigenvalue weighted by Gasteiger charge is 2.28. The van der Waals surface area contributed by atoms with E-state index < -0.39 is 40.5 Å². The van der Waals surface area contributed by atoms with E-state index in [0.29, 0.717) is 42.0 Å². The van der Waals surface area contributed by atoms with Crippen molar-refractivity contribution in [1.82, 2.24) is 10.6 Å². The molecule has 1 heterocycles. The van der Waals surface area contributed by atoms with E-state index in [1.165, 1.54) is 12.1 Å². The van der Waals surface area contributed by atoms with Crippen LogP contribution in [-0.4, -0.2) is 57.7 Å². The van der Waals surface area contributed by atoms with Crippen LogP contribution >= 0.6 is 10.8 Å². The van der Waals surface area contributed by atoms with Crippen LogP contribution in [0.25, 0.3) is 0 Å². The molecule has 1 fully saturated rings. The van der Waals surface area contributed by atoms with Gasteiger partial charge in [0.1, 0.15) is 11.6 Å². The Bertz CT molecular complexity index is 1290. The number of amides is 1. The molecule has 0 aromatic heterocycles. The summed E-state index contributed by atoms with van der Waals surface area (Å²) in [5.74, 6) is -1.50. The fraction of sp³-hybridized carbons (Fsp3) is 0.367. The molecule has 0 radical (unpaired) electrons. The van der Waals surface area contributed by atoms with Crippen LogP contribution in [0.4, 0.5) is 20.2 Å². The van der Waals surface area contributed by atoms with E-state index in [1.54, 1.807) is 22.5 Å². The number of anilines is 2. The van der Waals surface area contributed by atoms with E-state index in [0.717, 1.165) is 24.5 Å². The molecule has 6 N–H and O–H groups in total. The molecule has 1 aliphatic rings. The van der Waals surface area contributed by atoms with E-state index >= 15 is 0 Å². The third kappa shape index (κ3) is 8.64. The Balaban J connectivity index is 1.53. The first kappa shape index (κ1) is 30.7. The topological polar surface area (TPSA) is 117 Å². The van der Waals surface area contributed by atoms with Crippen molar-refractivity contribution in [2.75, 3.05) is 35.0 Å². The maximum atomic E-state index is 13.6. The van der Waals surface area contributed by atoms with Gasteiger partial charge < -0.3 is 21.1 Å². The minimum atomic E-state index is -2.99. The number of rotatable bonds is 12.